The first-order valence-corrected chi connectivity index (χ1v) is 6.72. The molecule has 1 saturated heterocycles. The topological polar surface area (TPSA) is 28.2 Å². The third-order valence-electron chi connectivity index (χ3n) is 2.94. The minimum atomic E-state index is 1.06. The van der Waals surface area contributed by atoms with E-state index in [1.54, 1.807) is 11.3 Å². The third-order valence-corrected chi connectivity index (χ3v) is 4.05. The highest BCUT2D eigenvalue weighted by Gasteiger charge is 2.14. The minimum Gasteiger partial charge on any atom is -0.346 e. The van der Waals surface area contributed by atoms with Crippen LogP contribution >= 0.6 is 11.3 Å². The Morgan fingerprint density at radius 3 is 2.65 bits per heavy atom. The molecule has 0 aliphatic carbocycles. The lowest BCUT2D eigenvalue weighted by Crippen LogP contribution is -2.43. The van der Waals surface area contributed by atoms with E-state index in [0.717, 1.165) is 31.3 Å². The van der Waals surface area contributed by atoms with Crippen molar-refractivity contribution >= 4 is 16.5 Å². The molecule has 17 heavy (non-hydrogen) atoms. The summed E-state index contributed by atoms with van der Waals surface area (Å²) in [5.41, 5.74) is 1.26. The lowest BCUT2D eigenvalue weighted by Gasteiger charge is -2.26. The summed E-state index contributed by atoms with van der Waals surface area (Å²) in [7, 11) is 0. The van der Waals surface area contributed by atoms with Crippen molar-refractivity contribution in [1.29, 1.82) is 0 Å². The molecule has 1 aromatic carbocycles. The first kappa shape index (κ1) is 10.7. The van der Waals surface area contributed by atoms with Crippen molar-refractivity contribution in [2.24, 2.45) is 0 Å². The number of anilines is 1. The molecule has 2 heterocycles. The summed E-state index contributed by atoms with van der Waals surface area (Å²) in [6.07, 6.45) is 1.98. The maximum Gasteiger partial charge on any atom is 0.185 e. The quantitative estimate of drug-likeness (QED) is 0.879. The van der Waals surface area contributed by atoms with E-state index < -0.39 is 0 Å². The molecule has 0 bridgehead atoms. The van der Waals surface area contributed by atoms with Crippen LogP contribution in [0.5, 0.6) is 0 Å². The van der Waals surface area contributed by atoms with Gasteiger partial charge in [-0.15, -0.1) is 0 Å². The second-order valence-corrected chi connectivity index (χ2v) is 5.12. The smallest absolute Gasteiger partial charge is 0.185 e. The Bertz CT molecular complexity index is 474. The number of hydrogen-bond acceptors (Lipinski definition) is 4. The predicted molar refractivity (Wildman–Crippen MR) is 72.6 cm³/mol. The summed E-state index contributed by atoms with van der Waals surface area (Å²) >= 11 is 1.78. The van der Waals surface area contributed by atoms with Gasteiger partial charge < -0.3 is 10.2 Å². The van der Waals surface area contributed by atoms with Gasteiger partial charge >= 0.3 is 0 Å². The summed E-state index contributed by atoms with van der Waals surface area (Å²) < 4.78 is 0. The molecule has 3 rings (SSSR count). The summed E-state index contributed by atoms with van der Waals surface area (Å²) in [6.45, 7) is 4.23. The maximum absolute atomic E-state index is 4.53. The van der Waals surface area contributed by atoms with Gasteiger partial charge in [-0.3, -0.25) is 0 Å². The molecular weight excluding hydrogens is 230 g/mol. The van der Waals surface area contributed by atoms with Crippen molar-refractivity contribution in [1.82, 2.24) is 10.3 Å². The van der Waals surface area contributed by atoms with Crippen LogP contribution in [0.1, 0.15) is 0 Å². The second-order valence-electron chi connectivity index (χ2n) is 4.11. The Kier molecular flexibility index (Phi) is 3.07. The van der Waals surface area contributed by atoms with Gasteiger partial charge in [0.05, 0.1) is 4.88 Å². The molecule has 4 heteroatoms. The molecule has 2 aromatic rings. The zero-order valence-corrected chi connectivity index (χ0v) is 10.4. The number of rotatable bonds is 2. The van der Waals surface area contributed by atoms with Gasteiger partial charge in [-0.05, 0) is 5.56 Å². The molecule has 0 saturated carbocycles. The second kappa shape index (κ2) is 4.85. The third kappa shape index (κ3) is 2.33. The van der Waals surface area contributed by atoms with Crippen molar-refractivity contribution in [2.45, 2.75) is 0 Å². The van der Waals surface area contributed by atoms with Gasteiger partial charge in [-0.1, -0.05) is 41.7 Å². The molecule has 1 N–H and O–H groups in total. The summed E-state index contributed by atoms with van der Waals surface area (Å²) in [5, 5.41) is 4.50. The van der Waals surface area contributed by atoms with E-state index in [-0.39, 0.29) is 0 Å². The van der Waals surface area contributed by atoms with Crippen LogP contribution in [0, 0.1) is 0 Å². The number of benzene rings is 1. The number of nitrogens with one attached hydrogen (secondary N) is 1. The molecule has 0 spiro atoms. The zero-order valence-electron chi connectivity index (χ0n) is 9.60. The van der Waals surface area contributed by atoms with Crippen LogP contribution in [0.2, 0.25) is 0 Å². The average molecular weight is 245 g/mol. The molecule has 1 aliphatic heterocycles. The first-order valence-electron chi connectivity index (χ1n) is 5.90. The van der Waals surface area contributed by atoms with Crippen molar-refractivity contribution < 1.29 is 0 Å². The predicted octanol–water partition coefficient (Wildman–Crippen LogP) is 2.22. The highest BCUT2D eigenvalue weighted by molar-refractivity contribution is 7.18. The number of hydrogen-bond donors (Lipinski definition) is 1. The lowest BCUT2D eigenvalue weighted by atomic mass is 10.2. The fraction of sp³-hybridized carbons (Fsp3) is 0.308. The monoisotopic (exact) mass is 245 g/mol. The van der Waals surface area contributed by atoms with E-state index in [1.807, 2.05) is 12.3 Å². The van der Waals surface area contributed by atoms with Crippen LogP contribution in [0.4, 0.5) is 5.13 Å². The Labute approximate surface area is 105 Å². The van der Waals surface area contributed by atoms with Gasteiger partial charge in [0.25, 0.3) is 0 Å². The van der Waals surface area contributed by atoms with Crippen molar-refractivity contribution in [3.8, 4) is 10.4 Å². The fourth-order valence-corrected chi connectivity index (χ4v) is 2.98. The molecule has 0 unspecified atom stereocenters. The molecule has 1 fully saturated rings. The standard InChI is InChI=1S/C13H15N3S/c1-2-4-11(5-3-1)12-10-15-13(17-12)16-8-6-14-7-9-16/h1-5,10,14H,6-9H2. The van der Waals surface area contributed by atoms with Crippen LogP contribution in [0.25, 0.3) is 10.4 Å². The number of nitrogens with zero attached hydrogens (tertiary/aromatic N) is 2. The average Bonchev–Trinajstić information content (AvgIpc) is 2.90. The van der Waals surface area contributed by atoms with Gasteiger partial charge in [0, 0.05) is 32.4 Å². The van der Waals surface area contributed by atoms with E-state index in [1.165, 1.54) is 10.4 Å². The highest BCUT2D eigenvalue weighted by atomic mass is 32.1. The van der Waals surface area contributed by atoms with E-state index in [0.29, 0.717) is 0 Å². The fourth-order valence-electron chi connectivity index (χ4n) is 2.00. The Morgan fingerprint density at radius 2 is 1.88 bits per heavy atom. The van der Waals surface area contributed by atoms with E-state index in [9.17, 15) is 0 Å². The lowest BCUT2D eigenvalue weighted by molar-refractivity contribution is 0.588. The van der Waals surface area contributed by atoms with Gasteiger partial charge in [0.1, 0.15) is 0 Å². The Hall–Kier alpha value is -1.39. The molecule has 88 valence electrons. The van der Waals surface area contributed by atoms with Gasteiger partial charge in [-0.25, -0.2) is 4.98 Å². The summed E-state index contributed by atoms with van der Waals surface area (Å²) in [4.78, 5) is 8.14. The van der Waals surface area contributed by atoms with E-state index in [4.69, 9.17) is 0 Å². The van der Waals surface area contributed by atoms with Gasteiger partial charge in [0.2, 0.25) is 0 Å². The molecule has 0 amide bonds. The first-order chi connectivity index (χ1) is 8.43. The number of aromatic nitrogens is 1. The molecule has 1 aliphatic rings. The zero-order chi connectivity index (χ0) is 11.5. The number of piperazine rings is 1. The van der Waals surface area contributed by atoms with Gasteiger partial charge in [-0.2, -0.15) is 0 Å². The molecular formula is C13H15N3S. The minimum absolute atomic E-state index is 1.06. The Balaban J connectivity index is 1.83. The van der Waals surface area contributed by atoms with Crippen molar-refractivity contribution in [2.75, 3.05) is 31.1 Å². The van der Waals surface area contributed by atoms with E-state index >= 15 is 0 Å². The van der Waals surface area contributed by atoms with Crippen molar-refractivity contribution in [3.05, 3.63) is 36.5 Å². The molecule has 0 atom stereocenters. The van der Waals surface area contributed by atoms with Crippen LogP contribution in [0.15, 0.2) is 36.5 Å². The van der Waals surface area contributed by atoms with E-state index in [2.05, 4.69) is 39.5 Å². The van der Waals surface area contributed by atoms with Crippen molar-refractivity contribution in [3.63, 3.8) is 0 Å². The SMILES string of the molecule is c1ccc(-c2cnc(N3CCNCC3)s2)cc1. The largest absolute Gasteiger partial charge is 0.346 e. The molecule has 3 nitrogen and oxygen atoms in total. The normalized spacial score (nSPS) is 16.1. The van der Waals surface area contributed by atoms with Crippen LogP contribution in [-0.4, -0.2) is 31.2 Å². The molecule has 1 aromatic heterocycles. The highest BCUT2D eigenvalue weighted by Crippen LogP contribution is 2.30. The molecule has 0 radical (unpaired) electrons. The van der Waals surface area contributed by atoms with Crippen LogP contribution < -0.4 is 10.2 Å². The van der Waals surface area contributed by atoms with Crippen LogP contribution in [-0.2, 0) is 0 Å². The summed E-state index contributed by atoms with van der Waals surface area (Å²) in [5.74, 6) is 0. The van der Waals surface area contributed by atoms with Gasteiger partial charge in [0.15, 0.2) is 5.13 Å². The Morgan fingerprint density at radius 1 is 1.12 bits per heavy atom. The maximum atomic E-state index is 4.53. The summed E-state index contributed by atoms with van der Waals surface area (Å²) in [6, 6.07) is 10.4. The van der Waals surface area contributed by atoms with Crippen LogP contribution in [0.3, 0.4) is 0 Å². The number of thiazole rings is 1.